The second kappa shape index (κ2) is 7.28. The summed E-state index contributed by atoms with van der Waals surface area (Å²) in [5, 5.41) is 0. The van der Waals surface area contributed by atoms with Crippen molar-refractivity contribution in [3.05, 3.63) is 53.1 Å². The van der Waals surface area contributed by atoms with Crippen LogP contribution in [-0.4, -0.2) is 19.2 Å². The quantitative estimate of drug-likeness (QED) is 0.592. The minimum absolute atomic E-state index is 0.237. The largest absolute Gasteiger partial charge is 0.496 e. The minimum Gasteiger partial charge on any atom is -0.496 e. The summed E-state index contributed by atoms with van der Waals surface area (Å²) in [6, 6.07) is 12.4. The van der Waals surface area contributed by atoms with Crippen molar-refractivity contribution in [3.8, 4) is 11.5 Å². The van der Waals surface area contributed by atoms with Crippen molar-refractivity contribution < 1.29 is 14.2 Å². The van der Waals surface area contributed by atoms with Crippen LogP contribution in [0.1, 0.15) is 23.6 Å². The van der Waals surface area contributed by atoms with E-state index in [4.69, 9.17) is 14.2 Å². The van der Waals surface area contributed by atoms with Crippen LogP contribution in [0.2, 0.25) is 0 Å². The normalized spacial score (nSPS) is 16.7. The van der Waals surface area contributed by atoms with E-state index in [0.717, 1.165) is 29.0 Å². The van der Waals surface area contributed by atoms with Gasteiger partial charge in [0.25, 0.3) is 0 Å². The molecule has 1 aliphatic heterocycles. The van der Waals surface area contributed by atoms with Crippen LogP contribution >= 0.6 is 11.8 Å². The summed E-state index contributed by atoms with van der Waals surface area (Å²) < 4.78 is 17.4. The van der Waals surface area contributed by atoms with Crippen molar-refractivity contribution in [1.82, 2.24) is 0 Å². The molecular weight excluding hydrogens is 308 g/mol. The van der Waals surface area contributed by atoms with Gasteiger partial charge in [-0.05, 0) is 44.0 Å². The maximum Gasteiger partial charge on any atom is 0.138 e. The Bertz CT molecular complexity index is 670. The van der Waals surface area contributed by atoms with Crippen LogP contribution in [0.15, 0.2) is 41.3 Å². The Morgan fingerprint density at radius 2 is 2.04 bits per heavy atom. The molecule has 1 unspecified atom stereocenters. The molecule has 0 amide bonds. The minimum atomic E-state index is 0.237. The van der Waals surface area contributed by atoms with Crippen LogP contribution in [0, 0.1) is 6.92 Å². The first-order chi connectivity index (χ1) is 11.2. The summed E-state index contributed by atoms with van der Waals surface area (Å²) in [5.41, 5.74) is 3.47. The van der Waals surface area contributed by atoms with Gasteiger partial charge in [0.2, 0.25) is 0 Å². The number of fused-ring (bicyclic) bond motifs is 1. The van der Waals surface area contributed by atoms with Gasteiger partial charge >= 0.3 is 0 Å². The highest BCUT2D eigenvalue weighted by Crippen LogP contribution is 2.38. The monoisotopic (exact) mass is 330 g/mol. The Balaban J connectivity index is 1.77. The molecular formula is C19H22O3S. The third-order valence-electron chi connectivity index (χ3n) is 4.08. The lowest BCUT2D eigenvalue weighted by Crippen LogP contribution is -2.20. The highest BCUT2D eigenvalue weighted by molar-refractivity contribution is 7.99. The van der Waals surface area contributed by atoms with Crippen molar-refractivity contribution in [2.24, 2.45) is 0 Å². The zero-order valence-corrected chi connectivity index (χ0v) is 14.6. The fourth-order valence-corrected chi connectivity index (χ4v) is 3.55. The van der Waals surface area contributed by atoms with Gasteiger partial charge in [-0.25, -0.2) is 0 Å². The van der Waals surface area contributed by atoms with E-state index < -0.39 is 0 Å². The molecule has 0 spiro atoms. The summed E-state index contributed by atoms with van der Waals surface area (Å²) in [6.45, 7) is 4.75. The maximum atomic E-state index is 6.03. The van der Waals surface area contributed by atoms with E-state index in [0.29, 0.717) is 12.5 Å². The van der Waals surface area contributed by atoms with E-state index in [1.807, 2.05) is 25.1 Å². The topological polar surface area (TPSA) is 27.7 Å². The third-order valence-corrected chi connectivity index (χ3v) is 4.93. The van der Waals surface area contributed by atoms with Gasteiger partial charge in [-0.2, -0.15) is 0 Å². The Hall–Kier alpha value is -1.65. The SMILES string of the molecule is COc1c(C)c(OCSc2ccccc2)cc2c1COC(C)C2. The van der Waals surface area contributed by atoms with Gasteiger partial charge < -0.3 is 14.2 Å². The lowest BCUT2D eigenvalue weighted by molar-refractivity contribution is 0.0394. The average Bonchev–Trinajstić information content (AvgIpc) is 2.56. The van der Waals surface area contributed by atoms with E-state index >= 15 is 0 Å². The van der Waals surface area contributed by atoms with Crippen molar-refractivity contribution >= 4 is 11.8 Å². The number of benzene rings is 2. The van der Waals surface area contributed by atoms with Gasteiger partial charge in [0, 0.05) is 16.0 Å². The fraction of sp³-hybridized carbons (Fsp3) is 0.368. The first-order valence-electron chi connectivity index (χ1n) is 7.80. The molecule has 0 bridgehead atoms. The Kier molecular flexibility index (Phi) is 5.13. The van der Waals surface area contributed by atoms with Gasteiger partial charge in [0.1, 0.15) is 17.4 Å². The summed E-state index contributed by atoms with van der Waals surface area (Å²) in [5.74, 6) is 2.38. The van der Waals surface area contributed by atoms with Crippen LogP contribution in [0.5, 0.6) is 11.5 Å². The van der Waals surface area contributed by atoms with E-state index in [9.17, 15) is 0 Å². The summed E-state index contributed by atoms with van der Waals surface area (Å²) in [6.07, 6.45) is 1.13. The molecule has 3 rings (SSSR count). The summed E-state index contributed by atoms with van der Waals surface area (Å²) in [4.78, 5) is 1.21. The molecule has 23 heavy (non-hydrogen) atoms. The molecule has 2 aromatic carbocycles. The third kappa shape index (κ3) is 3.65. The second-order valence-corrected chi connectivity index (χ2v) is 6.71. The highest BCUT2D eigenvalue weighted by atomic mass is 32.2. The van der Waals surface area contributed by atoms with Crippen LogP contribution < -0.4 is 9.47 Å². The molecule has 0 aliphatic carbocycles. The van der Waals surface area contributed by atoms with Crippen LogP contribution in [0.25, 0.3) is 0 Å². The molecule has 0 aromatic heterocycles. The van der Waals surface area contributed by atoms with Gasteiger partial charge in [0.05, 0.1) is 19.8 Å². The molecule has 0 fully saturated rings. The van der Waals surface area contributed by atoms with Crippen molar-refractivity contribution in [2.75, 3.05) is 13.0 Å². The number of methoxy groups -OCH3 is 1. The summed E-state index contributed by atoms with van der Waals surface area (Å²) in [7, 11) is 1.71. The molecule has 0 saturated heterocycles. The predicted octanol–water partition coefficient (Wildman–Crippen LogP) is 4.59. The zero-order chi connectivity index (χ0) is 16.2. The number of thioether (sulfide) groups is 1. The summed E-state index contributed by atoms with van der Waals surface area (Å²) >= 11 is 1.69. The van der Waals surface area contributed by atoms with Gasteiger partial charge in [-0.15, -0.1) is 0 Å². The molecule has 1 aliphatic rings. The molecule has 3 nitrogen and oxygen atoms in total. The first-order valence-corrected chi connectivity index (χ1v) is 8.79. The number of hydrogen-bond acceptors (Lipinski definition) is 4. The van der Waals surface area contributed by atoms with E-state index in [-0.39, 0.29) is 6.10 Å². The van der Waals surface area contributed by atoms with Crippen LogP contribution in [0.4, 0.5) is 0 Å². The van der Waals surface area contributed by atoms with Gasteiger partial charge in [-0.1, -0.05) is 30.0 Å². The number of hydrogen-bond donors (Lipinski definition) is 0. The molecule has 4 heteroatoms. The predicted molar refractivity (Wildman–Crippen MR) is 93.5 cm³/mol. The van der Waals surface area contributed by atoms with Crippen molar-refractivity contribution in [3.63, 3.8) is 0 Å². The fourth-order valence-electron chi connectivity index (χ4n) is 2.88. The Labute approximate surface area is 142 Å². The van der Waals surface area contributed by atoms with Crippen molar-refractivity contribution in [1.29, 1.82) is 0 Å². The number of ether oxygens (including phenoxy) is 3. The molecule has 0 radical (unpaired) electrons. The van der Waals surface area contributed by atoms with E-state index in [2.05, 4.69) is 25.1 Å². The average molecular weight is 330 g/mol. The second-order valence-electron chi connectivity index (χ2n) is 5.72. The zero-order valence-electron chi connectivity index (χ0n) is 13.8. The molecule has 1 heterocycles. The smallest absolute Gasteiger partial charge is 0.138 e. The molecule has 2 aromatic rings. The standard InChI is InChI=1S/C19H22O3S/c1-13-9-15-10-18(14(2)19(20-3)17(15)11-21-13)22-12-23-16-7-5-4-6-8-16/h4-8,10,13H,9,11-12H2,1-3H3. The molecule has 0 N–H and O–H groups in total. The first kappa shape index (κ1) is 16.2. The molecule has 1 atom stereocenters. The molecule has 0 saturated carbocycles. The lowest BCUT2D eigenvalue weighted by Gasteiger charge is -2.26. The van der Waals surface area contributed by atoms with Gasteiger partial charge in [-0.3, -0.25) is 0 Å². The van der Waals surface area contributed by atoms with E-state index in [1.54, 1.807) is 18.9 Å². The molecule has 122 valence electrons. The van der Waals surface area contributed by atoms with Crippen LogP contribution in [-0.2, 0) is 17.8 Å². The Morgan fingerprint density at radius 3 is 2.78 bits per heavy atom. The van der Waals surface area contributed by atoms with Crippen molar-refractivity contribution in [2.45, 2.75) is 37.9 Å². The van der Waals surface area contributed by atoms with Gasteiger partial charge in [0.15, 0.2) is 0 Å². The highest BCUT2D eigenvalue weighted by Gasteiger charge is 2.23. The number of rotatable bonds is 5. The van der Waals surface area contributed by atoms with E-state index in [1.165, 1.54) is 10.5 Å². The Morgan fingerprint density at radius 1 is 1.26 bits per heavy atom. The maximum absolute atomic E-state index is 6.03. The lowest BCUT2D eigenvalue weighted by atomic mass is 9.96. The van der Waals surface area contributed by atoms with Crippen LogP contribution in [0.3, 0.4) is 0 Å².